The van der Waals surface area contributed by atoms with Gasteiger partial charge < -0.3 is 25.0 Å². The molecule has 2 amide bonds. The summed E-state index contributed by atoms with van der Waals surface area (Å²) in [7, 11) is 2.08. The lowest BCUT2D eigenvalue weighted by Crippen LogP contribution is -2.52. The maximum Gasteiger partial charge on any atom is 0.272 e. The van der Waals surface area contributed by atoms with Gasteiger partial charge in [-0.1, -0.05) is 12.1 Å². The van der Waals surface area contributed by atoms with Gasteiger partial charge in [0.25, 0.3) is 5.91 Å². The minimum atomic E-state index is -0.351. The second-order valence-corrected chi connectivity index (χ2v) is 9.75. The number of aryl methyl sites for hydroxylation is 1. The van der Waals surface area contributed by atoms with Crippen LogP contribution in [0.4, 0.5) is 15.8 Å². The van der Waals surface area contributed by atoms with Crippen molar-refractivity contribution in [2.24, 2.45) is 5.92 Å². The van der Waals surface area contributed by atoms with Gasteiger partial charge in [0.1, 0.15) is 11.5 Å². The van der Waals surface area contributed by atoms with Gasteiger partial charge in [-0.25, -0.2) is 4.39 Å². The Bertz CT molecular complexity index is 1210. The molecular weight excluding hydrogens is 445 g/mol. The van der Waals surface area contributed by atoms with Crippen LogP contribution in [0.1, 0.15) is 28.9 Å². The number of H-pyrrole nitrogens is 1. The van der Waals surface area contributed by atoms with Crippen molar-refractivity contribution in [2.45, 2.75) is 19.8 Å². The predicted molar refractivity (Wildman–Crippen MR) is 136 cm³/mol. The molecule has 2 saturated heterocycles. The predicted octanol–water partition coefficient (Wildman–Crippen LogP) is 3.86. The minimum absolute atomic E-state index is 0.112. The van der Waals surface area contributed by atoms with Crippen molar-refractivity contribution in [2.75, 3.05) is 56.5 Å². The normalized spacial score (nSPS) is 19.2. The number of carbonyl (C=O) groups excluding carboxylic acids is 2. The Kier molecular flexibility index (Phi) is 6.47. The van der Waals surface area contributed by atoms with Gasteiger partial charge in [0.15, 0.2) is 0 Å². The molecule has 0 saturated carbocycles. The van der Waals surface area contributed by atoms with Crippen LogP contribution in [0.25, 0.3) is 10.9 Å². The third kappa shape index (κ3) is 4.89. The van der Waals surface area contributed by atoms with E-state index in [9.17, 15) is 14.0 Å². The molecule has 1 unspecified atom stereocenters. The quantitative estimate of drug-likeness (QED) is 0.599. The van der Waals surface area contributed by atoms with Gasteiger partial charge in [0, 0.05) is 49.5 Å². The largest absolute Gasteiger partial charge is 0.368 e. The molecule has 2 aromatic carbocycles. The van der Waals surface area contributed by atoms with E-state index in [0.29, 0.717) is 35.4 Å². The van der Waals surface area contributed by atoms with E-state index >= 15 is 0 Å². The summed E-state index contributed by atoms with van der Waals surface area (Å²) in [5.41, 5.74) is 3.52. The zero-order valence-corrected chi connectivity index (χ0v) is 20.3. The number of aromatic amines is 1. The van der Waals surface area contributed by atoms with E-state index in [1.54, 1.807) is 12.1 Å². The number of anilines is 2. The highest BCUT2D eigenvalue weighted by Gasteiger charge is 2.30. The number of piperidine rings is 1. The number of amides is 2. The molecule has 0 spiro atoms. The first-order chi connectivity index (χ1) is 16.9. The molecular formula is C27H32FN5O2. The number of aromatic nitrogens is 1. The van der Waals surface area contributed by atoms with Gasteiger partial charge in [-0.05, 0) is 69.3 Å². The monoisotopic (exact) mass is 477 g/mol. The number of likely N-dealkylation sites (tertiary alicyclic amines) is 1. The van der Waals surface area contributed by atoms with Crippen LogP contribution in [-0.4, -0.2) is 72.9 Å². The van der Waals surface area contributed by atoms with E-state index in [1.165, 1.54) is 6.07 Å². The maximum atomic E-state index is 14.1. The van der Waals surface area contributed by atoms with Gasteiger partial charge in [-0.3, -0.25) is 9.59 Å². The average Bonchev–Trinajstić information content (AvgIpc) is 3.34. The Morgan fingerprint density at radius 2 is 1.86 bits per heavy atom. The smallest absolute Gasteiger partial charge is 0.272 e. The first-order valence-electron chi connectivity index (χ1n) is 12.3. The first-order valence-corrected chi connectivity index (χ1v) is 12.3. The molecule has 3 aromatic rings. The van der Waals surface area contributed by atoms with Crippen molar-refractivity contribution >= 4 is 34.1 Å². The van der Waals surface area contributed by atoms with Gasteiger partial charge in [-0.2, -0.15) is 0 Å². The molecule has 1 aromatic heterocycles. The van der Waals surface area contributed by atoms with E-state index in [0.717, 1.165) is 50.3 Å². The number of nitrogens with one attached hydrogen (secondary N) is 2. The van der Waals surface area contributed by atoms with Crippen molar-refractivity contribution in [3.8, 4) is 0 Å². The first kappa shape index (κ1) is 23.4. The number of carbonyl (C=O) groups is 2. The summed E-state index contributed by atoms with van der Waals surface area (Å²) < 4.78 is 14.1. The van der Waals surface area contributed by atoms with Gasteiger partial charge in [0.05, 0.1) is 11.4 Å². The van der Waals surface area contributed by atoms with Gasteiger partial charge in [0.2, 0.25) is 5.91 Å². The summed E-state index contributed by atoms with van der Waals surface area (Å²) in [4.78, 5) is 35.4. The van der Waals surface area contributed by atoms with E-state index < -0.39 is 0 Å². The van der Waals surface area contributed by atoms with Crippen molar-refractivity contribution in [1.29, 1.82) is 0 Å². The van der Waals surface area contributed by atoms with Gasteiger partial charge in [-0.15, -0.1) is 0 Å². The minimum Gasteiger partial charge on any atom is -0.368 e. The Hall–Kier alpha value is -3.39. The van der Waals surface area contributed by atoms with Crippen LogP contribution in [0.2, 0.25) is 0 Å². The van der Waals surface area contributed by atoms with Crippen molar-refractivity contribution in [3.63, 3.8) is 0 Å². The summed E-state index contributed by atoms with van der Waals surface area (Å²) in [6.45, 7) is 6.72. The molecule has 2 aliphatic rings. The Balaban J connectivity index is 1.22. The molecule has 8 heteroatoms. The summed E-state index contributed by atoms with van der Waals surface area (Å²) >= 11 is 0. The van der Waals surface area contributed by atoms with Crippen LogP contribution in [0, 0.1) is 18.7 Å². The lowest BCUT2D eigenvalue weighted by Gasteiger charge is -2.39. The number of hydrogen-bond acceptors (Lipinski definition) is 4. The summed E-state index contributed by atoms with van der Waals surface area (Å²) in [6, 6.07) is 12.4. The topological polar surface area (TPSA) is 71.7 Å². The number of nitrogens with zero attached hydrogens (tertiary/aromatic N) is 3. The molecule has 3 heterocycles. The maximum absolute atomic E-state index is 14.1. The number of rotatable bonds is 4. The highest BCUT2D eigenvalue weighted by atomic mass is 19.1. The van der Waals surface area contributed by atoms with Crippen LogP contribution >= 0.6 is 0 Å². The zero-order valence-electron chi connectivity index (χ0n) is 20.3. The average molecular weight is 478 g/mol. The fourth-order valence-corrected chi connectivity index (χ4v) is 5.24. The van der Waals surface area contributed by atoms with Crippen LogP contribution < -0.4 is 10.2 Å². The fourth-order valence-electron chi connectivity index (χ4n) is 5.24. The lowest BCUT2D eigenvalue weighted by atomic mass is 9.96. The standard InChI is InChI=1S/C27H32FN5O2/c1-18-8-9-23(28)22-16-24(30-25(18)22)26(34)29-20-6-3-7-21(15-20)32-11-13-33(14-12-32)27(35)19-5-4-10-31(2)17-19/h3,6-9,15-16,19,30H,4-5,10-14,17H2,1-2H3,(H,29,34). The zero-order chi connectivity index (χ0) is 24.5. The molecule has 5 rings (SSSR count). The van der Waals surface area contributed by atoms with E-state index in [1.807, 2.05) is 36.1 Å². The molecule has 0 radical (unpaired) electrons. The number of fused-ring (bicyclic) bond motifs is 1. The van der Waals surface area contributed by atoms with Crippen molar-refractivity contribution < 1.29 is 14.0 Å². The Labute approximate surface area is 204 Å². The second kappa shape index (κ2) is 9.70. The molecule has 35 heavy (non-hydrogen) atoms. The highest BCUT2D eigenvalue weighted by Crippen LogP contribution is 2.25. The van der Waals surface area contributed by atoms with Gasteiger partial charge >= 0.3 is 0 Å². The Morgan fingerprint density at radius 1 is 1.06 bits per heavy atom. The van der Waals surface area contributed by atoms with E-state index in [2.05, 4.69) is 27.1 Å². The van der Waals surface area contributed by atoms with Crippen molar-refractivity contribution in [3.05, 3.63) is 59.5 Å². The van der Waals surface area contributed by atoms with Crippen LogP contribution in [-0.2, 0) is 4.79 Å². The van der Waals surface area contributed by atoms with Crippen LogP contribution in [0.15, 0.2) is 42.5 Å². The van der Waals surface area contributed by atoms with Crippen LogP contribution in [0.3, 0.4) is 0 Å². The molecule has 7 nitrogen and oxygen atoms in total. The second-order valence-electron chi connectivity index (χ2n) is 9.75. The highest BCUT2D eigenvalue weighted by molar-refractivity contribution is 6.06. The summed E-state index contributed by atoms with van der Waals surface area (Å²) in [5, 5.41) is 3.34. The number of hydrogen-bond donors (Lipinski definition) is 2. The van der Waals surface area contributed by atoms with Crippen molar-refractivity contribution in [1.82, 2.24) is 14.8 Å². The summed E-state index contributed by atoms with van der Waals surface area (Å²) in [6.07, 6.45) is 2.06. The van der Waals surface area contributed by atoms with Crippen LogP contribution in [0.5, 0.6) is 0 Å². The number of piperazine rings is 1. The SMILES string of the molecule is Cc1ccc(F)c2cc(C(=O)Nc3cccc(N4CCN(C(=O)C5CCCN(C)C5)CC4)c3)[nH]c12. The lowest BCUT2D eigenvalue weighted by molar-refractivity contribution is -0.137. The van der Waals surface area contributed by atoms with E-state index in [4.69, 9.17) is 0 Å². The number of benzene rings is 2. The Morgan fingerprint density at radius 3 is 2.60 bits per heavy atom. The molecule has 0 aliphatic carbocycles. The molecule has 2 aliphatic heterocycles. The molecule has 2 fully saturated rings. The summed E-state index contributed by atoms with van der Waals surface area (Å²) in [5.74, 6) is -0.274. The third-order valence-electron chi connectivity index (χ3n) is 7.23. The molecule has 2 N–H and O–H groups in total. The fraction of sp³-hybridized carbons (Fsp3) is 0.407. The van der Waals surface area contributed by atoms with E-state index in [-0.39, 0.29) is 23.5 Å². The number of halogens is 1. The molecule has 0 bridgehead atoms. The third-order valence-corrected chi connectivity index (χ3v) is 7.23. The molecule has 1 atom stereocenters. The molecule has 184 valence electrons.